The molecule has 0 aromatic carbocycles. The molecule has 0 radical (unpaired) electrons. The summed E-state index contributed by atoms with van der Waals surface area (Å²) < 4.78 is 0. The van der Waals surface area contributed by atoms with Crippen molar-refractivity contribution in [1.29, 1.82) is 0 Å². The third kappa shape index (κ3) is 2.23. The number of carbonyl (C=O) groups is 1. The van der Waals surface area contributed by atoms with Crippen LogP contribution in [0, 0.1) is 5.92 Å². The van der Waals surface area contributed by atoms with E-state index in [4.69, 9.17) is 0 Å². The van der Waals surface area contributed by atoms with Crippen LogP contribution in [0.15, 0.2) is 0 Å². The van der Waals surface area contributed by atoms with Crippen molar-refractivity contribution in [2.75, 3.05) is 6.54 Å². The van der Waals surface area contributed by atoms with Gasteiger partial charge in [-0.2, -0.15) is 0 Å². The predicted octanol–water partition coefficient (Wildman–Crippen LogP) is 2.04. The van der Waals surface area contributed by atoms with Gasteiger partial charge in [0.05, 0.1) is 0 Å². The maximum Gasteiger partial charge on any atom is 0.219 e. The molecule has 70 valence electrons. The standard InChI is InChI=1S/C10H19NO/c1-8-5-4-6-9(2)11(7-8)10(3)12/h8-9H,4-7H2,1-3H3. The van der Waals surface area contributed by atoms with E-state index >= 15 is 0 Å². The van der Waals surface area contributed by atoms with Gasteiger partial charge in [0.15, 0.2) is 0 Å². The summed E-state index contributed by atoms with van der Waals surface area (Å²) in [4.78, 5) is 13.2. The molecule has 0 bridgehead atoms. The van der Waals surface area contributed by atoms with Gasteiger partial charge >= 0.3 is 0 Å². The first-order valence-corrected chi connectivity index (χ1v) is 4.88. The van der Waals surface area contributed by atoms with Crippen LogP contribution in [-0.4, -0.2) is 23.4 Å². The Labute approximate surface area is 74.9 Å². The van der Waals surface area contributed by atoms with Crippen molar-refractivity contribution >= 4 is 5.91 Å². The minimum atomic E-state index is 0.233. The van der Waals surface area contributed by atoms with E-state index in [2.05, 4.69) is 13.8 Å². The second kappa shape index (κ2) is 3.92. The van der Waals surface area contributed by atoms with Gasteiger partial charge in [-0.1, -0.05) is 13.3 Å². The average molecular weight is 169 g/mol. The normalized spacial score (nSPS) is 31.4. The Kier molecular flexibility index (Phi) is 3.12. The topological polar surface area (TPSA) is 20.3 Å². The van der Waals surface area contributed by atoms with Crippen molar-refractivity contribution < 1.29 is 4.79 Å². The highest BCUT2D eigenvalue weighted by atomic mass is 16.2. The van der Waals surface area contributed by atoms with Gasteiger partial charge < -0.3 is 4.90 Å². The molecular weight excluding hydrogens is 150 g/mol. The molecule has 0 saturated carbocycles. The highest BCUT2D eigenvalue weighted by molar-refractivity contribution is 5.73. The fourth-order valence-corrected chi connectivity index (χ4v) is 1.96. The van der Waals surface area contributed by atoms with Gasteiger partial charge in [-0.05, 0) is 25.7 Å². The second-order valence-electron chi connectivity index (χ2n) is 4.06. The molecule has 2 heteroatoms. The van der Waals surface area contributed by atoms with E-state index in [0.717, 1.165) is 6.54 Å². The lowest BCUT2D eigenvalue weighted by Crippen LogP contribution is -2.38. The third-order valence-electron chi connectivity index (χ3n) is 2.76. The van der Waals surface area contributed by atoms with Gasteiger partial charge in [0.25, 0.3) is 0 Å². The van der Waals surface area contributed by atoms with E-state index in [1.54, 1.807) is 6.92 Å². The van der Waals surface area contributed by atoms with Gasteiger partial charge in [0.2, 0.25) is 5.91 Å². The molecule has 0 spiro atoms. The van der Waals surface area contributed by atoms with Crippen LogP contribution in [-0.2, 0) is 4.79 Å². The highest BCUT2D eigenvalue weighted by Crippen LogP contribution is 2.20. The van der Waals surface area contributed by atoms with Gasteiger partial charge in [-0.3, -0.25) is 4.79 Å². The fraction of sp³-hybridized carbons (Fsp3) is 0.900. The Morgan fingerprint density at radius 2 is 2.00 bits per heavy atom. The number of amides is 1. The van der Waals surface area contributed by atoms with Crippen molar-refractivity contribution in [3.63, 3.8) is 0 Å². The van der Waals surface area contributed by atoms with Crippen LogP contribution in [0.25, 0.3) is 0 Å². The lowest BCUT2D eigenvalue weighted by atomic mass is 10.1. The van der Waals surface area contributed by atoms with E-state index < -0.39 is 0 Å². The van der Waals surface area contributed by atoms with E-state index in [-0.39, 0.29) is 5.91 Å². The zero-order chi connectivity index (χ0) is 9.14. The third-order valence-corrected chi connectivity index (χ3v) is 2.76. The summed E-state index contributed by atoms with van der Waals surface area (Å²) in [6.07, 6.45) is 3.71. The van der Waals surface area contributed by atoms with Crippen LogP contribution in [0.2, 0.25) is 0 Å². The minimum Gasteiger partial charge on any atom is -0.340 e. The molecule has 1 aliphatic heterocycles. The lowest BCUT2D eigenvalue weighted by molar-refractivity contribution is -0.131. The quantitative estimate of drug-likeness (QED) is 0.543. The van der Waals surface area contributed by atoms with Crippen molar-refractivity contribution in [2.45, 2.75) is 46.1 Å². The van der Waals surface area contributed by atoms with E-state index in [0.29, 0.717) is 12.0 Å². The maximum atomic E-state index is 11.2. The summed E-state index contributed by atoms with van der Waals surface area (Å²) in [5, 5.41) is 0. The number of rotatable bonds is 0. The zero-order valence-electron chi connectivity index (χ0n) is 8.34. The van der Waals surface area contributed by atoms with Crippen LogP contribution < -0.4 is 0 Å². The molecule has 1 amide bonds. The first kappa shape index (κ1) is 9.56. The van der Waals surface area contributed by atoms with Crippen LogP contribution in [0.4, 0.5) is 0 Å². The number of nitrogens with zero attached hydrogens (tertiary/aromatic N) is 1. The van der Waals surface area contributed by atoms with Crippen molar-refractivity contribution in [2.24, 2.45) is 5.92 Å². The van der Waals surface area contributed by atoms with Crippen molar-refractivity contribution in [3.8, 4) is 0 Å². The van der Waals surface area contributed by atoms with E-state index in [1.807, 2.05) is 4.90 Å². The molecule has 1 rings (SSSR count). The Morgan fingerprint density at radius 1 is 1.33 bits per heavy atom. The summed E-state index contributed by atoms with van der Waals surface area (Å²) in [6, 6.07) is 0.451. The summed E-state index contributed by atoms with van der Waals surface area (Å²) >= 11 is 0. The van der Waals surface area contributed by atoms with Crippen LogP contribution in [0.5, 0.6) is 0 Å². The van der Waals surface area contributed by atoms with Crippen molar-refractivity contribution in [3.05, 3.63) is 0 Å². The Bertz CT molecular complexity index is 167. The average Bonchev–Trinajstić information content (AvgIpc) is 2.13. The molecule has 2 atom stereocenters. The number of carbonyl (C=O) groups excluding carboxylic acids is 1. The highest BCUT2D eigenvalue weighted by Gasteiger charge is 2.22. The molecule has 0 aromatic heterocycles. The smallest absolute Gasteiger partial charge is 0.219 e. The molecule has 2 unspecified atom stereocenters. The number of likely N-dealkylation sites (tertiary alicyclic amines) is 1. The summed E-state index contributed by atoms with van der Waals surface area (Å²) in [6.45, 7) is 7.01. The lowest BCUT2D eigenvalue weighted by Gasteiger charge is -2.27. The molecule has 12 heavy (non-hydrogen) atoms. The van der Waals surface area contributed by atoms with Crippen molar-refractivity contribution in [1.82, 2.24) is 4.90 Å². The first-order valence-electron chi connectivity index (χ1n) is 4.88. The minimum absolute atomic E-state index is 0.233. The first-order chi connectivity index (χ1) is 5.61. The molecule has 1 saturated heterocycles. The van der Waals surface area contributed by atoms with Gasteiger partial charge in [-0.25, -0.2) is 0 Å². The van der Waals surface area contributed by atoms with Crippen LogP contribution in [0.1, 0.15) is 40.0 Å². The van der Waals surface area contributed by atoms with Gasteiger partial charge in [0, 0.05) is 19.5 Å². The van der Waals surface area contributed by atoms with E-state index in [9.17, 15) is 4.79 Å². The predicted molar refractivity (Wildman–Crippen MR) is 49.9 cm³/mol. The zero-order valence-corrected chi connectivity index (χ0v) is 8.34. The fourth-order valence-electron chi connectivity index (χ4n) is 1.96. The molecule has 0 N–H and O–H groups in total. The van der Waals surface area contributed by atoms with Crippen LogP contribution in [0.3, 0.4) is 0 Å². The monoisotopic (exact) mass is 169 g/mol. The maximum absolute atomic E-state index is 11.2. The molecule has 2 nitrogen and oxygen atoms in total. The van der Waals surface area contributed by atoms with Gasteiger partial charge in [-0.15, -0.1) is 0 Å². The molecule has 0 aliphatic carbocycles. The Morgan fingerprint density at radius 3 is 2.58 bits per heavy atom. The summed E-state index contributed by atoms with van der Waals surface area (Å²) in [7, 11) is 0. The Balaban J connectivity index is 2.60. The van der Waals surface area contributed by atoms with E-state index in [1.165, 1.54) is 19.3 Å². The molecular formula is C10H19NO. The Hall–Kier alpha value is -0.530. The summed E-state index contributed by atoms with van der Waals surface area (Å²) in [5.74, 6) is 0.912. The SMILES string of the molecule is CC(=O)N1CC(C)CCCC1C. The summed E-state index contributed by atoms with van der Waals surface area (Å²) in [5.41, 5.74) is 0. The molecule has 1 fully saturated rings. The number of hydrogen-bond acceptors (Lipinski definition) is 1. The number of hydrogen-bond donors (Lipinski definition) is 0. The second-order valence-corrected chi connectivity index (χ2v) is 4.06. The molecule has 0 aromatic rings. The molecule has 1 aliphatic rings. The molecule has 1 heterocycles. The largest absolute Gasteiger partial charge is 0.340 e. The van der Waals surface area contributed by atoms with Gasteiger partial charge in [0.1, 0.15) is 0 Å². The van der Waals surface area contributed by atoms with Crippen LogP contribution >= 0.6 is 0 Å².